The van der Waals surface area contributed by atoms with Crippen molar-refractivity contribution in [1.29, 1.82) is 0 Å². The zero-order chi connectivity index (χ0) is 7.78. The average Bonchev–Trinajstić information content (AvgIpc) is 2.46. The van der Waals surface area contributed by atoms with Gasteiger partial charge in [-0.1, -0.05) is 13.8 Å². The van der Waals surface area contributed by atoms with Crippen LogP contribution in [-0.2, 0) is 0 Å². The maximum atomic E-state index is 9.39. The molecule has 1 atom stereocenters. The van der Waals surface area contributed by atoms with Crippen LogP contribution in [0.2, 0.25) is 0 Å². The molecule has 1 fully saturated rings. The molecule has 1 rings (SSSR count). The van der Waals surface area contributed by atoms with Gasteiger partial charge in [0.2, 0.25) is 0 Å². The summed E-state index contributed by atoms with van der Waals surface area (Å²) in [6.45, 7) is 6.38. The van der Waals surface area contributed by atoms with Gasteiger partial charge >= 0.3 is 0 Å². The van der Waals surface area contributed by atoms with E-state index in [4.69, 9.17) is 0 Å². The zero-order valence-corrected chi connectivity index (χ0v) is 7.22. The van der Waals surface area contributed by atoms with Gasteiger partial charge in [0, 0.05) is 0 Å². The zero-order valence-electron chi connectivity index (χ0n) is 7.22. The van der Waals surface area contributed by atoms with Crippen molar-refractivity contribution in [2.24, 2.45) is 11.3 Å². The van der Waals surface area contributed by atoms with Crippen LogP contribution in [0.25, 0.3) is 0 Å². The highest BCUT2D eigenvalue weighted by Gasteiger charge is 2.46. The molecule has 0 bridgehead atoms. The predicted octanol–water partition coefficient (Wildman–Crippen LogP) is 2.19. The molecular formula is C9H18O. The summed E-state index contributed by atoms with van der Waals surface area (Å²) in [6, 6.07) is 0. The van der Waals surface area contributed by atoms with Crippen molar-refractivity contribution < 1.29 is 5.11 Å². The SMILES string of the molecule is CC(C)CC1(C(C)O)CC1. The van der Waals surface area contributed by atoms with Gasteiger partial charge in [-0.05, 0) is 37.5 Å². The lowest BCUT2D eigenvalue weighted by atomic mass is 9.90. The molecule has 1 saturated carbocycles. The maximum Gasteiger partial charge on any atom is 0.0568 e. The Balaban J connectivity index is 2.38. The van der Waals surface area contributed by atoms with Crippen molar-refractivity contribution in [3.8, 4) is 0 Å². The van der Waals surface area contributed by atoms with Crippen LogP contribution in [-0.4, -0.2) is 11.2 Å². The summed E-state index contributed by atoms with van der Waals surface area (Å²) in [5.74, 6) is 0.733. The summed E-state index contributed by atoms with van der Waals surface area (Å²) in [5.41, 5.74) is 0.328. The molecule has 0 amide bonds. The highest BCUT2D eigenvalue weighted by atomic mass is 16.3. The summed E-state index contributed by atoms with van der Waals surface area (Å²) < 4.78 is 0. The van der Waals surface area contributed by atoms with E-state index in [0.29, 0.717) is 5.41 Å². The molecule has 0 saturated heterocycles. The standard InChI is InChI=1S/C9H18O/c1-7(2)6-9(4-5-9)8(3)10/h7-8,10H,4-6H2,1-3H3. The molecule has 0 radical (unpaired) electrons. The predicted molar refractivity (Wildman–Crippen MR) is 42.8 cm³/mol. The molecule has 1 heteroatoms. The lowest BCUT2D eigenvalue weighted by molar-refractivity contribution is 0.0957. The van der Waals surface area contributed by atoms with E-state index in [9.17, 15) is 5.11 Å². The van der Waals surface area contributed by atoms with E-state index in [-0.39, 0.29) is 6.10 Å². The molecular weight excluding hydrogens is 124 g/mol. The van der Waals surface area contributed by atoms with Crippen LogP contribution in [0.15, 0.2) is 0 Å². The topological polar surface area (TPSA) is 20.2 Å². The van der Waals surface area contributed by atoms with Gasteiger partial charge in [0.25, 0.3) is 0 Å². The molecule has 10 heavy (non-hydrogen) atoms. The van der Waals surface area contributed by atoms with Crippen LogP contribution >= 0.6 is 0 Å². The Bertz CT molecular complexity index is 112. The molecule has 1 aliphatic rings. The minimum absolute atomic E-state index is 0.0881. The van der Waals surface area contributed by atoms with Gasteiger partial charge in [-0.25, -0.2) is 0 Å². The molecule has 0 aromatic rings. The molecule has 0 aliphatic heterocycles. The van der Waals surface area contributed by atoms with Crippen LogP contribution in [0.3, 0.4) is 0 Å². The van der Waals surface area contributed by atoms with Gasteiger partial charge in [-0.15, -0.1) is 0 Å². The molecule has 0 aromatic heterocycles. The van der Waals surface area contributed by atoms with Gasteiger partial charge in [0.1, 0.15) is 0 Å². The van der Waals surface area contributed by atoms with Gasteiger partial charge in [0.05, 0.1) is 6.10 Å². The first-order chi connectivity index (χ1) is 4.57. The number of rotatable bonds is 3. The molecule has 0 spiro atoms. The van der Waals surface area contributed by atoms with Crippen LogP contribution in [0.4, 0.5) is 0 Å². The van der Waals surface area contributed by atoms with Gasteiger partial charge in [-0.3, -0.25) is 0 Å². The lowest BCUT2D eigenvalue weighted by Crippen LogP contribution is -2.19. The summed E-state index contributed by atoms with van der Waals surface area (Å²) in [4.78, 5) is 0. The summed E-state index contributed by atoms with van der Waals surface area (Å²) in [7, 11) is 0. The number of aliphatic hydroxyl groups excluding tert-OH is 1. The fraction of sp³-hybridized carbons (Fsp3) is 1.00. The van der Waals surface area contributed by atoms with Crippen molar-refractivity contribution in [3.63, 3.8) is 0 Å². The largest absolute Gasteiger partial charge is 0.393 e. The molecule has 1 nitrogen and oxygen atoms in total. The van der Waals surface area contributed by atoms with Gasteiger partial charge in [0.15, 0.2) is 0 Å². The first kappa shape index (κ1) is 8.06. The van der Waals surface area contributed by atoms with Crippen molar-refractivity contribution >= 4 is 0 Å². The third-order valence-electron chi connectivity index (χ3n) is 2.59. The van der Waals surface area contributed by atoms with Crippen molar-refractivity contribution in [2.75, 3.05) is 0 Å². The third-order valence-corrected chi connectivity index (χ3v) is 2.59. The van der Waals surface area contributed by atoms with E-state index < -0.39 is 0 Å². The van der Waals surface area contributed by atoms with Crippen LogP contribution in [0.5, 0.6) is 0 Å². The normalized spacial score (nSPS) is 24.9. The van der Waals surface area contributed by atoms with E-state index in [0.717, 1.165) is 5.92 Å². The smallest absolute Gasteiger partial charge is 0.0568 e. The number of hydrogen-bond acceptors (Lipinski definition) is 1. The molecule has 1 aliphatic carbocycles. The number of aliphatic hydroxyl groups is 1. The molecule has 0 heterocycles. The van der Waals surface area contributed by atoms with E-state index in [1.807, 2.05) is 6.92 Å². The highest BCUT2D eigenvalue weighted by Crippen LogP contribution is 2.53. The van der Waals surface area contributed by atoms with Crippen LogP contribution < -0.4 is 0 Å². The summed E-state index contributed by atoms with van der Waals surface area (Å²) in [6.07, 6.45) is 3.59. The summed E-state index contributed by atoms with van der Waals surface area (Å²) in [5, 5.41) is 9.39. The Morgan fingerprint density at radius 3 is 1.90 bits per heavy atom. The quantitative estimate of drug-likeness (QED) is 0.640. The second-order valence-electron chi connectivity index (χ2n) is 4.14. The highest BCUT2D eigenvalue weighted by molar-refractivity contribution is 4.97. The first-order valence-electron chi connectivity index (χ1n) is 4.25. The Kier molecular flexibility index (Phi) is 2.04. The number of hydrogen-bond donors (Lipinski definition) is 1. The summed E-state index contributed by atoms with van der Waals surface area (Å²) >= 11 is 0. The Labute approximate surface area is 63.4 Å². The monoisotopic (exact) mass is 142 g/mol. The second kappa shape index (κ2) is 2.54. The first-order valence-corrected chi connectivity index (χ1v) is 4.25. The molecule has 1 unspecified atom stereocenters. The van der Waals surface area contributed by atoms with E-state index in [2.05, 4.69) is 13.8 Å². The van der Waals surface area contributed by atoms with Crippen molar-refractivity contribution in [2.45, 2.75) is 46.1 Å². The Hall–Kier alpha value is -0.0400. The van der Waals surface area contributed by atoms with Crippen molar-refractivity contribution in [3.05, 3.63) is 0 Å². The van der Waals surface area contributed by atoms with Crippen LogP contribution in [0, 0.1) is 11.3 Å². The third kappa shape index (κ3) is 1.51. The van der Waals surface area contributed by atoms with Crippen molar-refractivity contribution in [1.82, 2.24) is 0 Å². The average molecular weight is 142 g/mol. The second-order valence-corrected chi connectivity index (χ2v) is 4.14. The minimum Gasteiger partial charge on any atom is -0.393 e. The van der Waals surface area contributed by atoms with E-state index in [1.165, 1.54) is 19.3 Å². The van der Waals surface area contributed by atoms with E-state index in [1.54, 1.807) is 0 Å². The lowest BCUT2D eigenvalue weighted by Gasteiger charge is -2.20. The fourth-order valence-corrected chi connectivity index (χ4v) is 1.77. The Morgan fingerprint density at radius 1 is 1.30 bits per heavy atom. The maximum absolute atomic E-state index is 9.39. The molecule has 60 valence electrons. The molecule has 1 N–H and O–H groups in total. The molecule has 0 aromatic carbocycles. The van der Waals surface area contributed by atoms with Gasteiger partial charge in [-0.2, -0.15) is 0 Å². The van der Waals surface area contributed by atoms with Gasteiger partial charge < -0.3 is 5.11 Å². The minimum atomic E-state index is -0.0881. The Morgan fingerprint density at radius 2 is 1.80 bits per heavy atom. The van der Waals surface area contributed by atoms with E-state index >= 15 is 0 Å². The fourth-order valence-electron chi connectivity index (χ4n) is 1.77. The van der Waals surface area contributed by atoms with Crippen LogP contribution in [0.1, 0.15) is 40.0 Å².